The van der Waals surface area contributed by atoms with Crippen LogP contribution in [0.25, 0.3) is 0 Å². The van der Waals surface area contributed by atoms with Crippen LogP contribution in [0.2, 0.25) is 0 Å². The van der Waals surface area contributed by atoms with Gasteiger partial charge in [-0.1, -0.05) is 12.8 Å². The Morgan fingerprint density at radius 1 is 0.941 bits per heavy atom. The minimum Gasteiger partial charge on any atom is -0.342 e. The second kappa shape index (κ2) is 6.39. The van der Waals surface area contributed by atoms with Gasteiger partial charge >= 0.3 is 0 Å². The summed E-state index contributed by atoms with van der Waals surface area (Å²) < 4.78 is 0. The molecule has 3 nitrogen and oxygen atoms in total. The van der Waals surface area contributed by atoms with Gasteiger partial charge in [-0.05, 0) is 25.7 Å². The Kier molecular flexibility index (Phi) is 4.84. The second-order valence-corrected chi connectivity index (χ2v) is 5.79. The van der Waals surface area contributed by atoms with Crippen LogP contribution in [0.4, 0.5) is 0 Å². The van der Waals surface area contributed by atoms with Crippen molar-refractivity contribution >= 4 is 5.91 Å². The Morgan fingerprint density at radius 3 is 2.00 bits per heavy atom. The van der Waals surface area contributed by atoms with E-state index < -0.39 is 0 Å². The lowest BCUT2D eigenvalue weighted by Gasteiger charge is -2.31. The summed E-state index contributed by atoms with van der Waals surface area (Å²) in [5.74, 6) is 0.248. The van der Waals surface area contributed by atoms with E-state index in [2.05, 4.69) is 5.32 Å². The molecule has 17 heavy (non-hydrogen) atoms. The van der Waals surface area contributed by atoms with Crippen molar-refractivity contribution in [3.05, 3.63) is 0 Å². The molecule has 0 aromatic rings. The van der Waals surface area contributed by atoms with E-state index in [-0.39, 0.29) is 5.91 Å². The van der Waals surface area contributed by atoms with Crippen molar-refractivity contribution in [1.82, 2.24) is 4.90 Å². The molecule has 0 atom stereocenters. The van der Waals surface area contributed by atoms with Crippen LogP contribution in [0.15, 0.2) is 0 Å². The summed E-state index contributed by atoms with van der Waals surface area (Å²) in [6.07, 6.45) is 10.9. The molecule has 1 aliphatic heterocycles. The number of amides is 1. The van der Waals surface area contributed by atoms with Crippen molar-refractivity contribution in [1.29, 1.82) is 0 Å². The molecule has 0 radical (unpaired) electrons. The first kappa shape index (κ1) is 12.9. The van der Waals surface area contributed by atoms with Gasteiger partial charge in [0.2, 0.25) is 5.91 Å². The van der Waals surface area contributed by atoms with Gasteiger partial charge in [0.05, 0.1) is 12.1 Å². The molecular weight excluding hydrogens is 212 g/mol. The number of piperidine rings is 1. The van der Waals surface area contributed by atoms with Crippen molar-refractivity contribution in [2.75, 3.05) is 13.1 Å². The highest BCUT2D eigenvalue weighted by atomic mass is 16.2. The molecule has 1 aliphatic carbocycles. The molecule has 3 heteroatoms. The average Bonchev–Trinajstić information content (AvgIpc) is 2.58. The van der Waals surface area contributed by atoms with Crippen LogP contribution in [0.5, 0.6) is 0 Å². The van der Waals surface area contributed by atoms with Gasteiger partial charge in [0, 0.05) is 32.9 Å². The highest BCUT2D eigenvalue weighted by Crippen LogP contribution is 2.16. The Bertz CT molecular complexity index is 239. The van der Waals surface area contributed by atoms with E-state index in [4.69, 9.17) is 0 Å². The number of likely N-dealkylation sites (tertiary alicyclic amines) is 1. The highest BCUT2D eigenvalue weighted by molar-refractivity contribution is 5.73. The fraction of sp³-hybridized carbons (Fsp3) is 0.929. The summed E-state index contributed by atoms with van der Waals surface area (Å²) >= 11 is 0. The Labute approximate surface area is 105 Å². The van der Waals surface area contributed by atoms with Crippen LogP contribution in [0, 0.1) is 0 Å². The molecular formula is C14H27N2O+. The topological polar surface area (TPSA) is 36.9 Å². The number of quaternary nitrogens is 1. The summed E-state index contributed by atoms with van der Waals surface area (Å²) in [5, 5.41) is 2.63. The van der Waals surface area contributed by atoms with Gasteiger partial charge in [-0.25, -0.2) is 0 Å². The van der Waals surface area contributed by atoms with E-state index in [0.717, 1.165) is 25.2 Å². The average molecular weight is 239 g/mol. The van der Waals surface area contributed by atoms with Crippen molar-refractivity contribution in [3.8, 4) is 0 Å². The van der Waals surface area contributed by atoms with Crippen molar-refractivity contribution in [2.45, 2.75) is 70.4 Å². The molecule has 2 rings (SSSR count). The molecule has 1 heterocycles. The summed E-state index contributed by atoms with van der Waals surface area (Å²) in [4.78, 5) is 13.3. The number of carbonyl (C=O) groups excluding carboxylic acids is 1. The molecule has 0 aromatic carbocycles. The minimum atomic E-state index is 0.248. The lowest BCUT2D eigenvalue weighted by molar-refractivity contribution is -0.724. The number of nitrogens with two attached hydrogens (primary N) is 1. The van der Waals surface area contributed by atoms with Gasteiger partial charge in [0.25, 0.3) is 0 Å². The molecule has 2 aliphatic rings. The first-order valence-electron chi connectivity index (χ1n) is 7.36. The van der Waals surface area contributed by atoms with Gasteiger partial charge in [0.15, 0.2) is 0 Å². The predicted octanol–water partition coefficient (Wildman–Crippen LogP) is 1.28. The summed E-state index contributed by atoms with van der Waals surface area (Å²) in [5.41, 5.74) is 0. The molecule has 98 valence electrons. The molecule has 0 aromatic heterocycles. The fourth-order valence-corrected chi connectivity index (χ4v) is 3.30. The number of hydrogen-bond donors (Lipinski definition) is 1. The van der Waals surface area contributed by atoms with Crippen LogP contribution >= 0.6 is 0 Å². The Morgan fingerprint density at radius 2 is 1.47 bits per heavy atom. The lowest BCUT2D eigenvalue weighted by Crippen LogP contribution is -2.95. The number of nitrogens with zero attached hydrogens (tertiary/aromatic N) is 1. The minimum absolute atomic E-state index is 0.248. The van der Waals surface area contributed by atoms with Crippen LogP contribution in [0.1, 0.15) is 58.3 Å². The third-order valence-electron chi connectivity index (χ3n) is 4.43. The zero-order chi connectivity index (χ0) is 12.1. The summed E-state index contributed by atoms with van der Waals surface area (Å²) in [6.45, 7) is 3.64. The molecule has 2 fully saturated rings. The van der Waals surface area contributed by atoms with E-state index in [1.165, 1.54) is 51.4 Å². The van der Waals surface area contributed by atoms with E-state index in [1.54, 1.807) is 6.92 Å². The van der Waals surface area contributed by atoms with E-state index >= 15 is 0 Å². The summed E-state index contributed by atoms with van der Waals surface area (Å²) in [7, 11) is 0. The van der Waals surface area contributed by atoms with E-state index in [0.29, 0.717) is 0 Å². The molecule has 0 unspecified atom stereocenters. The second-order valence-electron chi connectivity index (χ2n) is 5.79. The van der Waals surface area contributed by atoms with Crippen LogP contribution in [-0.2, 0) is 4.79 Å². The van der Waals surface area contributed by atoms with Crippen LogP contribution in [0.3, 0.4) is 0 Å². The zero-order valence-corrected chi connectivity index (χ0v) is 11.2. The van der Waals surface area contributed by atoms with Gasteiger partial charge in [-0.2, -0.15) is 0 Å². The zero-order valence-electron chi connectivity index (χ0n) is 11.2. The monoisotopic (exact) mass is 239 g/mol. The third kappa shape index (κ3) is 3.98. The fourth-order valence-electron chi connectivity index (χ4n) is 3.30. The SMILES string of the molecule is CC(=O)N1CCC([NH2+]C2CCCCCC2)CC1. The molecule has 0 bridgehead atoms. The normalized spacial score (nSPS) is 24.6. The Balaban J connectivity index is 1.71. The first-order chi connectivity index (χ1) is 8.25. The first-order valence-corrected chi connectivity index (χ1v) is 7.36. The third-order valence-corrected chi connectivity index (χ3v) is 4.43. The predicted molar refractivity (Wildman–Crippen MR) is 68.7 cm³/mol. The van der Waals surface area contributed by atoms with Crippen LogP contribution in [-0.4, -0.2) is 36.0 Å². The molecule has 1 amide bonds. The number of hydrogen-bond acceptors (Lipinski definition) is 1. The quantitative estimate of drug-likeness (QED) is 0.724. The molecule has 1 saturated carbocycles. The van der Waals surface area contributed by atoms with Crippen molar-refractivity contribution < 1.29 is 10.1 Å². The number of carbonyl (C=O) groups is 1. The largest absolute Gasteiger partial charge is 0.342 e. The van der Waals surface area contributed by atoms with Gasteiger partial charge in [0.1, 0.15) is 0 Å². The standard InChI is InChI=1S/C14H26N2O/c1-12(17)16-10-8-14(9-11-16)15-13-6-4-2-3-5-7-13/h13-15H,2-11H2,1H3/p+1. The van der Waals surface area contributed by atoms with Gasteiger partial charge in [-0.3, -0.25) is 4.79 Å². The maximum Gasteiger partial charge on any atom is 0.219 e. The molecule has 2 N–H and O–H groups in total. The van der Waals surface area contributed by atoms with E-state index in [1.807, 2.05) is 4.90 Å². The maximum absolute atomic E-state index is 11.3. The summed E-state index contributed by atoms with van der Waals surface area (Å²) in [6, 6.07) is 1.64. The van der Waals surface area contributed by atoms with E-state index in [9.17, 15) is 4.79 Å². The highest BCUT2D eigenvalue weighted by Gasteiger charge is 2.26. The van der Waals surface area contributed by atoms with Crippen LogP contribution < -0.4 is 5.32 Å². The van der Waals surface area contributed by atoms with Gasteiger partial charge < -0.3 is 10.2 Å². The number of rotatable bonds is 2. The maximum atomic E-state index is 11.3. The lowest BCUT2D eigenvalue weighted by atomic mass is 10.0. The molecule has 0 spiro atoms. The smallest absolute Gasteiger partial charge is 0.219 e. The van der Waals surface area contributed by atoms with Gasteiger partial charge in [-0.15, -0.1) is 0 Å². The van der Waals surface area contributed by atoms with Crippen molar-refractivity contribution in [3.63, 3.8) is 0 Å². The molecule has 1 saturated heterocycles. The van der Waals surface area contributed by atoms with Crippen molar-refractivity contribution in [2.24, 2.45) is 0 Å². The Hall–Kier alpha value is -0.570.